The van der Waals surface area contributed by atoms with E-state index in [1.807, 2.05) is 6.07 Å². The molecule has 0 aromatic heterocycles. The molecule has 0 bridgehead atoms. The van der Waals surface area contributed by atoms with Gasteiger partial charge >= 0.3 is 0 Å². The lowest BCUT2D eigenvalue weighted by molar-refractivity contribution is 0.326. The SMILES string of the molecule is Cl.N[C@H]1CCN(Cc2ccccc2Br)C1. The summed E-state index contributed by atoms with van der Waals surface area (Å²) >= 11 is 3.56. The Balaban J connectivity index is 0.00000112. The second-order valence-electron chi connectivity index (χ2n) is 3.88. The summed E-state index contributed by atoms with van der Waals surface area (Å²) < 4.78 is 1.19. The van der Waals surface area contributed by atoms with Crippen molar-refractivity contribution in [2.75, 3.05) is 13.1 Å². The predicted octanol–water partition coefficient (Wildman–Crippen LogP) is 2.40. The molecule has 2 rings (SSSR count). The molecule has 1 fully saturated rings. The Labute approximate surface area is 105 Å². The predicted molar refractivity (Wildman–Crippen MR) is 69.3 cm³/mol. The third-order valence-corrected chi connectivity index (χ3v) is 3.43. The van der Waals surface area contributed by atoms with Gasteiger partial charge in [-0.15, -0.1) is 12.4 Å². The quantitative estimate of drug-likeness (QED) is 0.907. The zero-order valence-electron chi connectivity index (χ0n) is 8.53. The molecule has 1 aromatic carbocycles. The number of likely N-dealkylation sites (tertiary alicyclic amines) is 1. The average molecular weight is 292 g/mol. The number of hydrogen-bond acceptors (Lipinski definition) is 2. The van der Waals surface area contributed by atoms with Crippen LogP contribution in [0.25, 0.3) is 0 Å². The van der Waals surface area contributed by atoms with Crippen molar-refractivity contribution in [3.8, 4) is 0 Å². The maximum absolute atomic E-state index is 5.86. The zero-order valence-corrected chi connectivity index (χ0v) is 10.9. The number of rotatable bonds is 2. The molecule has 0 amide bonds. The maximum Gasteiger partial charge on any atom is 0.0245 e. The third kappa shape index (κ3) is 3.45. The van der Waals surface area contributed by atoms with Gasteiger partial charge in [-0.05, 0) is 18.1 Å². The van der Waals surface area contributed by atoms with Gasteiger partial charge in [0.15, 0.2) is 0 Å². The normalized spacial score (nSPS) is 21.3. The summed E-state index contributed by atoms with van der Waals surface area (Å²) in [5.41, 5.74) is 7.21. The van der Waals surface area contributed by atoms with Crippen molar-refractivity contribution in [1.82, 2.24) is 4.90 Å². The van der Waals surface area contributed by atoms with Gasteiger partial charge in [0.25, 0.3) is 0 Å². The number of nitrogens with zero attached hydrogens (tertiary/aromatic N) is 1. The van der Waals surface area contributed by atoms with Gasteiger partial charge in [-0.25, -0.2) is 0 Å². The van der Waals surface area contributed by atoms with E-state index in [9.17, 15) is 0 Å². The van der Waals surface area contributed by atoms with Crippen LogP contribution in [0.15, 0.2) is 28.7 Å². The third-order valence-electron chi connectivity index (χ3n) is 2.66. The number of benzene rings is 1. The second kappa shape index (κ2) is 5.85. The van der Waals surface area contributed by atoms with E-state index in [1.54, 1.807) is 0 Å². The minimum atomic E-state index is 0. The molecule has 1 aliphatic rings. The van der Waals surface area contributed by atoms with Crippen LogP contribution >= 0.6 is 28.3 Å². The molecule has 1 saturated heterocycles. The van der Waals surface area contributed by atoms with Gasteiger partial charge in [0.1, 0.15) is 0 Å². The van der Waals surface area contributed by atoms with Crippen LogP contribution in [0.3, 0.4) is 0 Å². The van der Waals surface area contributed by atoms with Gasteiger partial charge in [-0.3, -0.25) is 4.90 Å². The van der Waals surface area contributed by atoms with Crippen LogP contribution in [-0.4, -0.2) is 24.0 Å². The number of hydrogen-bond donors (Lipinski definition) is 1. The van der Waals surface area contributed by atoms with Crippen molar-refractivity contribution < 1.29 is 0 Å². The minimum Gasteiger partial charge on any atom is -0.326 e. The van der Waals surface area contributed by atoms with Crippen LogP contribution in [0.4, 0.5) is 0 Å². The zero-order chi connectivity index (χ0) is 9.97. The molecule has 0 aliphatic carbocycles. The lowest BCUT2D eigenvalue weighted by Gasteiger charge is -2.15. The largest absolute Gasteiger partial charge is 0.326 e. The highest BCUT2D eigenvalue weighted by molar-refractivity contribution is 9.10. The van der Waals surface area contributed by atoms with Crippen molar-refractivity contribution in [3.05, 3.63) is 34.3 Å². The monoisotopic (exact) mass is 290 g/mol. The molecule has 1 atom stereocenters. The molecule has 0 unspecified atom stereocenters. The summed E-state index contributed by atoms with van der Waals surface area (Å²) in [6, 6.07) is 8.75. The molecular formula is C11H16BrClN2. The number of nitrogens with two attached hydrogens (primary N) is 1. The first-order valence-electron chi connectivity index (χ1n) is 4.97. The first kappa shape index (κ1) is 13.0. The van der Waals surface area contributed by atoms with E-state index < -0.39 is 0 Å². The second-order valence-corrected chi connectivity index (χ2v) is 4.73. The van der Waals surface area contributed by atoms with Crippen molar-refractivity contribution in [2.24, 2.45) is 5.73 Å². The summed E-state index contributed by atoms with van der Waals surface area (Å²) in [5.74, 6) is 0. The molecule has 1 heterocycles. The molecule has 0 saturated carbocycles. The van der Waals surface area contributed by atoms with Gasteiger partial charge in [0.2, 0.25) is 0 Å². The van der Waals surface area contributed by atoms with Crippen molar-refractivity contribution >= 4 is 28.3 Å². The van der Waals surface area contributed by atoms with Crippen LogP contribution in [-0.2, 0) is 6.54 Å². The summed E-state index contributed by atoms with van der Waals surface area (Å²) in [4.78, 5) is 2.41. The minimum absolute atomic E-state index is 0. The fraction of sp³-hybridized carbons (Fsp3) is 0.455. The van der Waals surface area contributed by atoms with Crippen molar-refractivity contribution in [2.45, 2.75) is 19.0 Å². The highest BCUT2D eigenvalue weighted by Gasteiger charge is 2.19. The van der Waals surface area contributed by atoms with Crippen LogP contribution in [0.5, 0.6) is 0 Å². The van der Waals surface area contributed by atoms with Gasteiger partial charge in [0.05, 0.1) is 0 Å². The van der Waals surface area contributed by atoms with E-state index in [0.717, 1.165) is 26.1 Å². The highest BCUT2D eigenvalue weighted by atomic mass is 79.9. The molecule has 0 spiro atoms. The lowest BCUT2D eigenvalue weighted by atomic mass is 10.2. The smallest absolute Gasteiger partial charge is 0.0245 e. The Morgan fingerprint density at radius 3 is 2.73 bits per heavy atom. The number of halogens is 2. The van der Waals surface area contributed by atoms with Crippen LogP contribution in [0.2, 0.25) is 0 Å². The fourth-order valence-electron chi connectivity index (χ4n) is 1.87. The Morgan fingerprint density at radius 1 is 1.40 bits per heavy atom. The van der Waals surface area contributed by atoms with Gasteiger partial charge in [-0.1, -0.05) is 34.1 Å². The van der Waals surface area contributed by atoms with E-state index in [0.29, 0.717) is 6.04 Å². The van der Waals surface area contributed by atoms with Gasteiger partial charge in [-0.2, -0.15) is 0 Å². The Bertz CT molecular complexity index is 319. The summed E-state index contributed by atoms with van der Waals surface area (Å²) in [6.07, 6.45) is 1.13. The molecule has 0 radical (unpaired) electrons. The van der Waals surface area contributed by atoms with E-state index in [-0.39, 0.29) is 12.4 Å². The Morgan fingerprint density at radius 2 is 2.13 bits per heavy atom. The lowest BCUT2D eigenvalue weighted by Crippen LogP contribution is -2.26. The van der Waals surface area contributed by atoms with Crippen LogP contribution in [0.1, 0.15) is 12.0 Å². The van der Waals surface area contributed by atoms with Crippen molar-refractivity contribution in [3.63, 3.8) is 0 Å². The molecule has 1 aliphatic heterocycles. The molecular weight excluding hydrogens is 275 g/mol. The topological polar surface area (TPSA) is 29.3 Å². The molecule has 84 valence electrons. The standard InChI is InChI=1S/C11H15BrN2.ClH/c12-11-4-2-1-3-9(11)7-14-6-5-10(13)8-14;/h1-4,10H,5-8,13H2;1H/t10-;/m0./s1. The Hall–Kier alpha value is -0.0900. The summed E-state index contributed by atoms with van der Waals surface area (Å²) in [6.45, 7) is 3.17. The van der Waals surface area contributed by atoms with E-state index in [4.69, 9.17) is 5.73 Å². The molecule has 2 N–H and O–H groups in total. The van der Waals surface area contributed by atoms with Gasteiger partial charge in [0, 0.05) is 30.1 Å². The summed E-state index contributed by atoms with van der Waals surface area (Å²) in [5, 5.41) is 0. The fourth-order valence-corrected chi connectivity index (χ4v) is 2.28. The Kier molecular flexibility index (Phi) is 5.06. The first-order chi connectivity index (χ1) is 6.75. The first-order valence-corrected chi connectivity index (χ1v) is 5.76. The van der Waals surface area contributed by atoms with E-state index >= 15 is 0 Å². The molecule has 4 heteroatoms. The van der Waals surface area contributed by atoms with E-state index in [1.165, 1.54) is 10.0 Å². The van der Waals surface area contributed by atoms with Gasteiger partial charge < -0.3 is 5.73 Å². The molecule has 1 aromatic rings. The molecule has 15 heavy (non-hydrogen) atoms. The average Bonchev–Trinajstić information content (AvgIpc) is 2.56. The summed E-state index contributed by atoms with van der Waals surface area (Å²) in [7, 11) is 0. The van der Waals surface area contributed by atoms with Crippen LogP contribution in [0, 0.1) is 0 Å². The molecule has 2 nitrogen and oxygen atoms in total. The van der Waals surface area contributed by atoms with Crippen LogP contribution < -0.4 is 5.73 Å². The highest BCUT2D eigenvalue weighted by Crippen LogP contribution is 2.19. The van der Waals surface area contributed by atoms with E-state index in [2.05, 4.69) is 39.0 Å². The van der Waals surface area contributed by atoms with Crippen molar-refractivity contribution in [1.29, 1.82) is 0 Å². The maximum atomic E-state index is 5.86.